The van der Waals surface area contributed by atoms with E-state index >= 15 is 0 Å². The Bertz CT molecular complexity index is 362. The van der Waals surface area contributed by atoms with Gasteiger partial charge < -0.3 is 10.0 Å². The van der Waals surface area contributed by atoms with Crippen LogP contribution in [0.5, 0.6) is 0 Å². The Balaban J connectivity index is 1.93. The van der Waals surface area contributed by atoms with Gasteiger partial charge in [0.05, 0.1) is 11.8 Å². The normalized spacial score (nSPS) is 19.4. The average molecular weight is 237 g/mol. The summed E-state index contributed by atoms with van der Waals surface area (Å²) in [5.74, 6) is -0.168. The number of piperazine rings is 1. The third kappa shape index (κ3) is 3.17. The lowest BCUT2D eigenvalue weighted by atomic mass is 10.2. The van der Waals surface area contributed by atoms with Gasteiger partial charge in [-0.15, -0.1) is 0 Å². The van der Waals surface area contributed by atoms with Crippen LogP contribution in [0.25, 0.3) is 0 Å². The summed E-state index contributed by atoms with van der Waals surface area (Å²) in [5.41, 5.74) is 0.669. The van der Waals surface area contributed by atoms with Crippen molar-refractivity contribution in [2.45, 2.75) is 6.10 Å². The molecule has 0 saturated carbocycles. The van der Waals surface area contributed by atoms with Crippen molar-refractivity contribution in [1.29, 1.82) is 0 Å². The van der Waals surface area contributed by atoms with Crippen molar-refractivity contribution in [3.8, 4) is 0 Å². The number of hydrogen-bond donors (Lipinski definition) is 1. The van der Waals surface area contributed by atoms with Gasteiger partial charge in [-0.25, -0.2) is 4.39 Å². The van der Waals surface area contributed by atoms with Crippen molar-refractivity contribution in [1.82, 2.24) is 4.90 Å². The number of nitrogens with zero attached hydrogens (tertiary/aromatic N) is 2. The molecule has 1 aromatic carbocycles. The fraction of sp³-hybridized carbons (Fsp3) is 0.462. The van der Waals surface area contributed by atoms with Crippen molar-refractivity contribution in [3.63, 3.8) is 0 Å². The van der Waals surface area contributed by atoms with Gasteiger partial charge in [0, 0.05) is 32.7 Å². The summed E-state index contributed by atoms with van der Waals surface area (Å²) in [6.45, 7) is 7.39. The summed E-state index contributed by atoms with van der Waals surface area (Å²) in [6, 6.07) is 6.85. The molecule has 1 saturated heterocycles. The average Bonchev–Trinajstić information content (AvgIpc) is 2.30. The van der Waals surface area contributed by atoms with Crippen LogP contribution in [0.2, 0.25) is 0 Å². The topological polar surface area (TPSA) is 26.7 Å². The van der Waals surface area contributed by atoms with E-state index < -0.39 is 6.10 Å². The molecule has 17 heavy (non-hydrogen) atoms. The first-order valence-corrected chi connectivity index (χ1v) is 5.90. The van der Waals surface area contributed by atoms with E-state index in [1.165, 1.54) is 6.07 Å². The molecule has 1 aliphatic heterocycles. The lowest BCUT2D eigenvalue weighted by molar-refractivity contribution is 0.140. The van der Waals surface area contributed by atoms with Gasteiger partial charge in [0.15, 0.2) is 0 Å². The summed E-state index contributed by atoms with van der Waals surface area (Å²) in [6.07, 6.45) is -0.546. The fourth-order valence-electron chi connectivity index (χ4n) is 2.18. The highest BCUT2D eigenvalue weighted by molar-refractivity contribution is 5.47. The van der Waals surface area contributed by atoms with Crippen molar-refractivity contribution in [2.24, 2.45) is 0 Å². The molecule has 0 bridgehead atoms. The van der Waals surface area contributed by atoms with Crippen molar-refractivity contribution in [2.75, 3.05) is 37.6 Å². The van der Waals surface area contributed by atoms with E-state index in [1.54, 1.807) is 12.1 Å². The summed E-state index contributed by atoms with van der Waals surface area (Å²) in [7, 11) is 0. The standard InChI is InChI=1S/C13H18FN2O/c1-11(17)10-15-6-8-16(9-7-15)13-5-3-2-4-12(13)14/h2-5,11,17H,1,6-10H2. The quantitative estimate of drug-likeness (QED) is 0.854. The summed E-state index contributed by atoms with van der Waals surface area (Å²) in [5, 5.41) is 9.21. The molecule has 0 aromatic heterocycles. The smallest absolute Gasteiger partial charge is 0.146 e. The number of para-hydroxylation sites is 1. The SMILES string of the molecule is [CH2]C(O)CN1CCN(c2ccccc2F)CC1. The zero-order valence-corrected chi connectivity index (χ0v) is 9.85. The first-order valence-electron chi connectivity index (χ1n) is 5.90. The van der Waals surface area contributed by atoms with Crippen LogP contribution in [0.15, 0.2) is 24.3 Å². The van der Waals surface area contributed by atoms with Gasteiger partial charge in [-0.05, 0) is 19.1 Å². The lowest BCUT2D eigenvalue weighted by Gasteiger charge is -2.36. The number of benzene rings is 1. The molecule has 4 heteroatoms. The molecule has 1 unspecified atom stereocenters. The minimum Gasteiger partial charge on any atom is -0.392 e. The second-order valence-corrected chi connectivity index (χ2v) is 4.39. The molecule has 1 atom stereocenters. The summed E-state index contributed by atoms with van der Waals surface area (Å²) >= 11 is 0. The molecule has 1 radical (unpaired) electrons. The van der Waals surface area contributed by atoms with E-state index in [1.807, 2.05) is 11.0 Å². The van der Waals surface area contributed by atoms with E-state index in [9.17, 15) is 9.50 Å². The van der Waals surface area contributed by atoms with Crippen LogP contribution in [0.4, 0.5) is 10.1 Å². The number of hydrogen-bond acceptors (Lipinski definition) is 3. The van der Waals surface area contributed by atoms with Crippen molar-refractivity contribution in [3.05, 3.63) is 37.0 Å². The van der Waals surface area contributed by atoms with Crippen LogP contribution in [0, 0.1) is 12.7 Å². The fourth-order valence-corrected chi connectivity index (χ4v) is 2.18. The third-order valence-electron chi connectivity index (χ3n) is 3.03. The molecular formula is C13H18FN2O. The third-order valence-corrected chi connectivity index (χ3v) is 3.03. The largest absolute Gasteiger partial charge is 0.392 e. The highest BCUT2D eigenvalue weighted by Crippen LogP contribution is 2.19. The highest BCUT2D eigenvalue weighted by Gasteiger charge is 2.19. The van der Waals surface area contributed by atoms with Gasteiger partial charge in [0.25, 0.3) is 0 Å². The predicted octanol–water partition coefficient (Wildman–Crippen LogP) is 1.14. The van der Waals surface area contributed by atoms with Gasteiger partial charge in [-0.2, -0.15) is 0 Å². The number of anilines is 1. The monoisotopic (exact) mass is 237 g/mol. The van der Waals surface area contributed by atoms with Gasteiger partial charge in [-0.1, -0.05) is 12.1 Å². The Hall–Kier alpha value is -1.13. The first-order chi connectivity index (χ1) is 8.16. The molecule has 1 aliphatic rings. The Morgan fingerprint density at radius 3 is 2.47 bits per heavy atom. The Morgan fingerprint density at radius 1 is 1.24 bits per heavy atom. The Morgan fingerprint density at radius 2 is 1.88 bits per heavy atom. The van der Waals surface area contributed by atoms with E-state index in [0.29, 0.717) is 12.2 Å². The minimum absolute atomic E-state index is 0.168. The van der Waals surface area contributed by atoms with Crippen LogP contribution in [-0.2, 0) is 0 Å². The van der Waals surface area contributed by atoms with E-state index in [4.69, 9.17) is 0 Å². The maximum atomic E-state index is 13.6. The van der Waals surface area contributed by atoms with Crippen LogP contribution >= 0.6 is 0 Å². The van der Waals surface area contributed by atoms with Gasteiger partial charge in [-0.3, -0.25) is 4.90 Å². The minimum atomic E-state index is -0.546. The van der Waals surface area contributed by atoms with Gasteiger partial charge in [0.1, 0.15) is 5.82 Å². The molecule has 0 spiro atoms. The Labute approximate surface area is 101 Å². The predicted molar refractivity (Wildman–Crippen MR) is 66.4 cm³/mol. The number of rotatable bonds is 3. The zero-order valence-electron chi connectivity index (χ0n) is 9.85. The first kappa shape index (κ1) is 12.3. The highest BCUT2D eigenvalue weighted by atomic mass is 19.1. The second kappa shape index (κ2) is 5.47. The molecule has 1 fully saturated rings. The molecule has 1 N–H and O–H groups in total. The van der Waals surface area contributed by atoms with Crippen LogP contribution < -0.4 is 4.90 Å². The second-order valence-electron chi connectivity index (χ2n) is 4.39. The summed E-state index contributed by atoms with van der Waals surface area (Å²) in [4.78, 5) is 4.19. The van der Waals surface area contributed by atoms with Crippen molar-refractivity contribution < 1.29 is 9.50 Å². The number of aliphatic hydroxyl groups excluding tert-OH is 1. The number of aliphatic hydroxyl groups is 1. The lowest BCUT2D eigenvalue weighted by Crippen LogP contribution is -2.48. The van der Waals surface area contributed by atoms with Crippen LogP contribution in [0.1, 0.15) is 0 Å². The molecule has 1 heterocycles. The molecular weight excluding hydrogens is 219 g/mol. The van der Waals surface area contributed by atoms with Crippen LogP contribution in [0.3, 0.4) is 0 Å². The maximum Gasteiger partial charge on any atom is 0.146 e. The molecule has 3 nitrogen and oxygen atoms in total. The van der Waals surface area contributed by atoms with Crippen LogP contribution in [-0.4, -0.2) is 48.8 Å². The van der Waals surface area contributed by atoms with E-state index in [0.717, 1.165) is 26.2 Å². The van der Waals surface area contributed by atoms with E-state index in [2.05, 4.69) is 11.8 Å². The van der Waals surface area contributed by atoms with Crippen molar-refractivity contribution >= 4 is 5.69 Å². The molecule has 2 rings (SSSR count). The molecule has 1 aromatic rings. The zero-order chi connectivity index (χ0) is 12.3. The molecule has 0 amide bonds. The molecule has 93 valence electrons. The van der Waals surface area contributed by atoms with Gasteiger partial charge in [0.2, 0.25) is 0 Å². The Kier molecular flexibility index (Phi) is 3.97. The maximum absolute atomic E-state index is 13.6. The molecule has 0 aliphatic carbocycles. The van der Waals surface area contributed by atoms with E-state index in [-0.39, 0.29) is 5.82 Å². The van der Waals surface area contributed by atoms with Gasteiger partial charge >= 0.3 is 0 Å². The number of halogens is 1. The number of β-amino-alcohol motifs (C(OH)–C–C–N with tert-alkyl or cyclic N) is 1. The summed E-state index contributed by atoms with van der Waals surface area (Å²) < 4.78 is 13.6.